The maximum absolute atomic E-state index is 12.9. The molecule has 0 spiro atoms. The van der Waals surface area contributed by atoms with Crippen LogP contribution in [0.1, 0.15) is 17.4 Å². The average Bonchev–Trinajstić information content (AvgIpc) is 3.00. The summed E-state index contributed by atoms with van der Waals surface area (Å²) in [5.41, 5.74) is -0.405. The number of halogens is 1. The van der Waals surface area contributed by atoms with Crippen molar-refractivity contribution >= 4 is 27.3 Å². The van der Waals surface area contributed by atoms with E-state index in [-0.39, 0.29) is 24.7 Å². The van der Waals surface area contributed by atoms with Crippen LogP contribution >= 0.6 is 11.3 Å². The highest BCUT2D eigenvalue weighted by Crippen LogP contribution is 2.32. The molecule has 124 valence electrons. The van der Waals surface area contributed by atoms with Gasteiger partial charge < -0.3 is 10.4 Å². The van der Waals surface area contributed by atoms with Gasteiger partial charge in [0.05, 0.1) is 13.0 Å². The zero-order valence-electron chi connectivity index (χ0n) is 13.3. The lowest BCUT2D eigenvalue weighted by Crippen LogP contribution is -2.38. The number of fused-ring (bicyclic) bond motifs is 1. The largest absolute Gasteiger partial charge is 0.383 e. The smallest absolute Gasteiger partial charge is 0.224 e. The van der Waals surface area contributed by atoms with Crippen LogP contribution in [0, 0.1) is 5.82 Å². The lowest BCUT2D eigenvalue weighted by molar-refractivity contribution is -0.121. The van der Waals surface area contributed by atoms with E-state index < -0.39 is 5.60 Å². The molecule has 0 fully saturated rings. The molecule has 5 heteroatoms. The summed E-state index contributed by atoms with van der Waals surface area (Å²) in [6, 6.07) is 15.7. The molecule has 0 aliphatic rings. The third-order valence-electron chi connectivity index (χ3n) is 3.86. The Labute approximate surface area is 143 Å². The number of rotatable bonds is 5. The molecule has 24 heavy (non-hydrogen) atoms. The monoisotopic (exact) mass is 343 g/mol. The van der Waals surface area contributed by atoms with Crippen LogP contribution in [-0.4, -0.2) is 17.6 Å². The molecule has 1 unspecified atom stereocenters. The standard InChI is InChI=1S/C19H18FNO2S/c1-19(23,17-11-14-4-2-3-5-16(14)24-17)12-21-18(22)10-13-6-8-15(20)9-7-13/h2-9,11,23H,10,12H2,1H3,(H,21,22). The number of thiophene rings is 1. The number of carbonyl (C=O) groups excluding carboxylic acids is 1. The Morgan fingerprint density at radius 2 is 1.92 bits per heavy atom. The highest BCUT2D eigenvalue weighted by atomic mass is 32.1. The Balaban J connectivity index is 1.63. The molecule has 1 amide bonds. The first-order valence-corrected chi connectivity index (χ1v) is 8.48. The van der Waals surface area contributed by atoms with Crippen LogP contribution in [0.4, 0.5) is 4.39 Å². The minimum absolute atomic E-state index is 0.125. The molecule has 1 heterocycles. The summed E-state index contributed by atoms with van der Waals surface area (Å²) in [5, 5.41) is 14.5. The van der Waals surface area contributed by atoms with E-state index in [0.29, 0.717) is 0 Å². The maximum Gasteiger partial charge on any atom is 0.224 e. The van der Waals surface area contributed by atoms with Gasteiger partial charge in [0, 0.05) is 9.58 Å². The van der Waals surface area contributed by atoms with Crippen LogP contribution in [0.3, 0.4) is 0 Å². The van der Waals surface area contributed by atoms with Gasteiger partial charge in [0.1, 0.15) is 11.4 Å². The topological polar surface area (TPSA) is 49.3 Å². The van der Waals surface area contributed by atoms with Gasteiger partial charge in [-0.05, 0) is 42.1 Å². The van der Waals surface area contributed by atoms with Crippen molar-refractivity contribution in [1.82, 2.24) is 5.32 Å². The average molecular weight is 343 g/mol. The first-order chi connectivity index (χ1) is 11.4. The second-order valence-electron chi connectivity index (χ2n) is 6.00. The van der Waals surface area contributed by atoms with Crippen LogP contribution in [0.2, 0.25) is 0 Å². The summed E-state index contributed by atoms with van der Waals surface area (Å²) in [7, 11) is 0. The Morgan fingerprint density at radius 1 is 1.21 bits per heavy atom. The summed E-state index contributed by atoms with van der Waals surface area (Å²) < 4.78 is 14.0. The lowest BCUT2D eigenvalue weighted by Gasteiger charge is -2.22. The van der Waals surface area contributed by atoms with Gasteiger partial charge in [-0.3, -0.25) is 4.79 Å². The fourth-order valence-electron chi connectivity index (χ4n) is 2.46. The molecule has 0 radical (unpaired) electrons. The molecule has 1 atom stereocenters. The second kappa shape index (κ2) is 6.71. The Hall–Kier alpha value is -2.24. The third-order valence-corrected chi connectivity index (χ3v) is 5.23. The van der Waals surface area contributed by atoms with Gasteiger partial charge in [0.2, 0.25) is 5.91 Å². The molecule has 3 rings (SSSR count). The van der Waals surface area contributed by atoms with Gasteiger partial charge in [-0.15, -0.1) is 11.3 Å². The van der Waals surface area contributed by atoms with E-state index in [1.807, 2.05) is 30.3 Å². The number of amides is 1. The SMILES string of the molecule is CC(O)(CNC(=O)Cc1ccc(F)cc1)c1cc2ccccc2s1. The summed E-state index contributed by atoms with van der Waals surface area (Å²) >= 11 is 1.52. The van der Waals surface area contributed by atoms with E-state index in [9.17, 15) is 14.3 Å². The quantitative estimate of drug-likeness (QED) is 0.743. The van der Waals surface area contributed by atoms with Crippen LogP contribution in [0.15, 0.2) is 54.6 Å². The van der Waals surface area contributed by atoms with Crippen molar-refractivity contribution in [3.63, 3.8) is 0 Å². The van der Waals surface area contributed by atoms with Crippen molar-refractivity contribution < 1.29 is 14.3 Å². The van der Waals surface area contributed by atoms with Crippen molar-refractivity contribution in [3.05, 3.63) is 70.9 Å². The lowest BCUT2D eigenvalue weighted by atomic mass is 10.0. The normalized spacial score (nSPS) is 13.6. The zero-order valence-corrected chi connectivity index (χ0v) is 14.1. The van der Waals surface area contributed by atoms with Gasteiger partial charge in [-0.25, -0.2) is 4.39 Å². The number of benzene rings is 2. The van der Waals surface area contributed by atoms with E-state index in [2.05, 4.69) is 5.32 Å². The fourth-order valence-corrected chi connectivity index (χ4v) is 3.56. The molecule has 0 aliphatic carbocycles. The Morgan fingerprint density at radius 3 is 2.62 bits per heavy atom. The molecule has 1 aromatic heterocycles. The van der Waals surface area contributed by atoms with Crippen LogP contribution < -0.4 is 5.32 Å². The van der Waals surface area contributed by atoms with Gasteiger partial charge in [0.25, 0.3) is 0 Å². The first kappa shape index (κ1) is 16.6. The molecule has 0 bridgehead atoms. The van der Waals surface area contributed by atoms with Crippen molar-refractivity contribution in [2.45, 2.75) is 18.9 Å². The molecule has 2 N–H and O–H groups in total. The zero-order chi connectivity index (χ0) is 17.2. The Bertz CT molecular complexity index is 822. The predicted octanol–water partition coefficient (Wildman–Crippen LogP) is 3.61. The minimum atomic E-state index is -1.14. The number of hydrogen-bond donors (Lipinski definition) is 2. The molecule has 3 aromatic rings. The van der Waals surface area contributed by atoms with Gasteiger partial charge in [-0.1, -0.05) is 30.3 Å². The summed E-state index contributed by atoms with van der Waals surface area (Å²) in [4.78, 5) is 12.8. The number of hydrogen-bond acceptors (Lipinski definition) is 3. The van der Waals surface area contributed by atoms with Crippen molar-refractivity contribution in [2.75, 3.05) is 6.54 Å². The summed E-state index contributed by atoms with van der Waals surface area (Å²) in [6.45, 7) is 1.82. The maximum atomic E-state index is 12.9. The van der Waals surface area contributed by atoms with Crippen molar-refractivity contribution in [2.24, 2.45) is 0 Å². The van der Waals surface area contributed by atoms with Crippen molar-refractivity contribution in [1.29, 1.82) is 0 Å². The predicted molar refractivity (Wildman–Crippen MR) is 94.5 cm³/mol. The van der Waals surface area contributed by atoms with E-state index in [1.54, 1.807) is 19.1 Å². The Kier molecular flexibility index (Phi) is 4.64. The molecule has 3 nitrogen and oxygen atoms in total. The molecular formula is C19H18FNO2S. The molecule has 0 aliphatic heterocycles. The minimum Gasteiger partial charge on any atom is -0.383 e. The van der Waals surface area contributed by atoms with Crippen LogP contribution in [0.25, 0.3) is 10.1 Å². The van der Waals surface area contributed by atoms with Gasteiger partial charge >= 0.3 is 0 Å². The fraction of sp³-hybridized carbons (Fsp3) is 0.211. The number of carbonyl (C=O) groups is 1. The van der Waals surface area contributed by atoms with E-state index in [4.69, 9.17) is 0 Å². The van der Waals surface area contributed by atoms with Gasteiger partial charge in [0.15, 0.2) is 0 Å². The third kappa shape index (κ3) is 3.80. The number of nitrogens with one attached hydrogen (secondary N) is 1. The van der Waals surface area contributed by atoms with Crippen LogP contribution in [0.5, 0.6) is 0 Å². The number of aliphatic hydroxyl groups is 1. The van der Waals surface area contributed by atoms with E-state index in [1.165, 1.54) is 23.5 Å². The molecule has 0 saturated carbocycles. The van der Waals surface area contributed by atoms with Crippen LogP contribution in [-0.2, 0) is 16.8 Å². The first-order valence-electron chi connectivity index (χ1n) is 7.67. The molecular weight excluding hydrogens is 325 g/mol. The molecule has 2 aromatic carbocycles. The highest BCUT2D eigenvalue weighted by Gasteiger charge is 2.26. The molecule has 0 saturated heterocycles. The summed E-state index contributed by atoms with van der Waals surface area (Å²) in [6.07, 6.45) is 0.156. The van der Waals surface area contributed by atoms with E-state index in [0.717, 1.165) is 20.5 Å². The van der Waals surface area contributed by atoms with E-state index >= 15 is 0 Å². The van der Waals surface area contributed by atoms with Crippen molar-refractivity contribution in [3.8, 4) is 0 Å². The van der Waals surface area contributed by atoms with Gasteiger partial charge in [-0.2, -0.15) is 0 Å². The summed E-state index contributed by atoms with van der Waals surface area (Å²) in [5.74, 6) is -0.533. The highest BCUT2D eigenvalue weighted by molar-refractivity contribution is 7.19. The second-order valence-corrected chi connectivity index (χ2v) is 7.09.